The van der Waals surface area contributed by atoms with Crippen LogP contribution in [0, 0.1) is 11.6 Å². The summed E-state index contributed by atoms with van der Waals surface area (Å²) in [6.07, 6.45) is -4.58. The van der Waals surface area contributed by atoms with Gasteiger partial charge in [-0.05, 0) is 26.0 Å². The normalized spacial score (nSPS) is 24.7. The van der Waals surface area contributed by atoms with E-state index in [1.165, 1.54) is 0 Å². The van der Waals surface area contributed by atoms with Crippen LogP contribution >= 0.6 is 0 Å². The molecule has 27 heavy (non-hydrogen) atoms. The maximum absolute atomic E-state index is 13.5. The van der Waals surface area contributed by atoms with Gasteiger partial charge in [-0.1, -0.05) is 0 Å². The van der Waals surface area contributed by atoms with Gasteiger partial charge in [0.25, 0.3) is 0 Å². The molecule has 0 spiro atoms. The first-order valence-electron chi connectivity index (χ1n) is 8.48. The Morgan fingerprint density at radius 1 is 1.19 bits per heavy atom. The summed E-state index contributed by atoms with van der Waals surface area (Å²) < 4.78 is 31.8. The number of hydrogen-bond donors (Lipinski definition) is 5. The summed E-state index contributed by atoms with van der Waals surface area (Å²) >= 11 is 0. The molecule has 1 aromatic rings. The van der Waals surface area contributed by atoms with Crippen molar-refractivity contribution in [2.75, 3.05) is 11.9 Å². The fourth-order valence-electron chi connectivity index (χ4n) is 2.68. The van der Waals surface area contributed by atoms with Crippen molar-refractivity contribution in [3.8, 4) is 0 Å². The van der Waals surface area contributed by atoms with Crippen LogP contribution in [0.5, 0.6) is 0 Å². The van der Waals surface area contributed by atoms with E-state index in [1.54, 1.807) is 13.8 Å². The van der Waals surface area contributed by atoms with Gasteiger partial charge in [0.2, 0.25) is 5.91 Å². The van der Waals surface area contributed by atoms with E-state index < -0.39 is 42.1 Å². The summed E-state index contributed by atoms with van der Waals surface area (Å²) in [5.74, 6) is -2.05. The summed E-state index contributed by atoms with van der Waals surface area (Å²) in [6.45, 7) is 3.39. The third-order valence-corrected chi connectivity index (χ3v) is 3.94. The zero-order valence-electron chi connectivity index (χ0n) is 14.9. The third-order valence-electron chi connectivity index (χ3n) is 3.94. The van der Waals surface area contributed by atoms with Crippen molar-refractivity contribution in [2.24, 2.45) is 0 Å². The number of rotatable bonds is 6. The molecule has 10 heteroatoms. The van der Waals surface area contributed by atoms with Gasteiger partial charge in [0.1, 0.15) is 29.9 Å². The number of halogens is 2. The lowest BCUT2D eigenvalue weighted by molar-refractivity contribution is -0.125. The van der Waals surface area contributed by atoms with Crippen LogP contribution in [0.3, 0.4) is 0 Å². The van der Waals surface area contributed by atoms with Crippen LogP contribution in [-0.4, -0.2) is 59.2 Å². The Balaban J connectivity index is 1.84. The highest BCUT2D eigenvalue weighted by Gasteiger charge is 2.43. The molecule has 0 radical (unpaired) electrons. The van der Waals surface area contributed by atoms with Gasteiger partial charge in [0.15, 0.2) is 0 Å². The number of urea groups is 1. The number of ether oxygens (including phenoxy) is 1. The van der Waals surface area contributed by atoms with E-state index in [0.717, 1.165) is 12.1 Å². The van der Waals surface area contributed by atoms with Gasteiger partial charge in [-0.3, -0.25) is 4.79 Å². The lowest BCUT2D eigenvalue weighted by Gasteiger charge is -2.16. The molecule has 150 valence electrons. The molecule has 1 saturated heterocycles. The van der Waals surface area contributed by atoms with Crippen LogP contribution in [0.4, 0.5) is 19.3 Å². The maximum atomic E-state index is 13.5. The third kappa shape index (κ3) is 5.84. The van der Waals surface area contributed by atoms with Crippen molar-refractivity contribution in [3.63, 3.8) is 0 Å². The molecule has 0 saturated carbocycles. The number of carbonyl (C=O) groups is 2. The first kappa shape index (κ1) is 21.0. The quantitative estimate of drug-likeness (QED) is 0.487. The molecular weight excluding hydrogens is 364 g/mol. The number of hydrogen-bond acceptors (Lipinski definition) is 5. The molecule has 1 aliphatic rings. The minimum Gasteiger partial charge on any atom is -0.388 e. The lowest BCUT2D eigenvalue weighted by Crippen LogP contribution is -2.41. The van der Waals surface area contributed by atoms with Crippen LogP contribution in [0.1, 0.15) is 20.3 Å². The highest BCUT2D eigenvalue weighted by Crippen LogP contribution is 2.23. The number of aliphatic hydroxyl groups is 2. The Labute approximate surface area is 154 Å². The second-order valence-corrected chi connectivity index (χ2v) is 6.58. The number of benzene rings is 1. The van der Waals surface area contributed by atoms with E-state index in [2.05, 4.69) is 16.0 Å². The maximum Gasteiger partial charge on any atom is 0.319 e. The number of nitrogens with one attached hydrogen (secondary N) is 3. The molecule has 0 aromatic heterocycles. The summed E-state index contributed by atoms with van der Waals surface area (Å²) in [4.78, 5) is 23.6. The molecule has 0 aliphatic carbocycles. The lowest BCUT2D eigenvalue weighted by atomic mass is 10.1. The zero-order chi connectivity index (χ0) is 20.1. The van der Waals surface area contributed by atoms with E-state index >= 15 is 0 Å². The zero-order valence-corrected chi connectivity index (χ0v) is 14.9. The Bertz CT molecular complexity index is 689. The molecule has 0 bridgehead atoms. The van der Waals surface area contributed by atoms with Crippen molar-refractivity contribution in [2.45, 2.75) is 50.7 Å². The molecule has 3 amide bonds. The van der Waals surface area contributed by atoms with Gasteiger partial charge in [0, 0.05) is 18.7 Å². The molecular formula is C17H23F2N3O5. The largest absolute Gasteiger partial charge is 0.388 e. The number of aliphatic hydroxyl groups excluding tert-OH is 2. The van der Waals surface area contributed by atoms with Crippen molar-refractivity contribution < 1.29 is 33.3 Å². The molecule has 4 atom stereocenters. The Morgan fingerprint density at radius 2 is 1.85 bits per heavy atom. The number of carbonyl (C=O) groups excluding carboxylic acids is 2. The van der Waals surface area contributed by atoms with Gasteiger partial charge in [0.05, 0.1) is 18.2 Å². The van der Waals surface area contributed by atoms with E-state index in [1.807, 2.05) is 0 Å². The van der Waals surface area contributed by atoms with E-state index in [0.29, 0.717) is 6.07 Å². The highest BCUT2D eigenvalue weighted by molar-refractivity contribution is 5.89. The Morgan fingerprint density at radius 3 is 2.48 bits per heavy atom. The fraction of sp³-hybridized carbons (Fsp3) is 0.529. The van der Waals surface area contributed by atoms with Crippen molar-refractivity contribution in [1.82, 2.24) is 10.6 Å². The molecule has 8 nitrogen and oxygen atoms in total. The first-order chi connectivity index (χ1) is 12.7. The van der Waals surface area contributed by atoms with Gasteiger partial charge in [-0.2, -0.15) is 0 Å². The Hall–Kier alpha value is -2.30. The van der Waals surface area contributed by atoms with Crippen LogP contribution in [0.15, 0.2) is 18.2 Å². The van der Waals surface area contributed by atoms with Crippen molar-refractivity contribution >= 4 is 17.6 Å². The first-order valence-corrected chi connectivity index (χ1v) is 8.48. The SMILES string of the molecule is CC(C)NC(=O)C[C@@H]1O[C@H](CNC(=O)Nc2ccc(F)cc2F)[C@@H](O)[C@H]1O. The van der Waals surface area contributed by atoms with Gasteiger partial charge < -0.3 is 30.9 Å². The van der Waals surface area contributed by atoms with Gasteiger partial charge >= 0.3 is 6.03 Å². The predicted octanol–water partition coefficient (Wildman–Crippen LogP) is 0.490. The Kier molecular flexibility index (Phi) is 7.05. The summed E-state index contributed by atoms with van der Waals surface area (Å²) in [5.41, 5.74) is -0.218. The second kappa shape index (κ2) is 9.07. The van der Waals surface area contributed by atoms with Crippen LogP contribution in [0.2, 0.25) is 0 Å². The minimum absolute atomic E-state index is 0.0750. The second-order valence-electron chi connectivity index (χ2n) is 6.58. The van der Waals surface area contributed by atoms with Crippen LogP contribution in [-0.2, 0) is 9.53 Å². The molecule has 0 unspecified atom stereocenters. The van der Waals surface area contributed by atoms with E-state index in [9.17, 15) is 28.6 Å². The molecule has 1 aromatic carbocycles. The van der Waals surface area contributed by atoms with Gasteiger partial charge in [-0.25, -0.2) is 13.6 Å². The highest BCUT2D eigenvalue weighted by atomic mass is 19.1. The van der Waals surface area contributed by atoms with Crippen molar-refractivity contribution in [3.05, 3.63) is 29.8 Å². The fourth-order valence-corrected chi connectivity index (χ4v) is 2.68. The molecule has 5 N–H and O–H groups in total. The predicted molar refractivity (Wildman–Crippen MR) is 91.9 cm³/mol. The molecule has 1 heterocycles. The van der Waals surface area contributed by atoms with Crippen LogP contribution < -0.4 is 16.0 Å². The van der Waals surface area contributed by atoms with Gasteiger partial charge in [-0.15, -0.1) is 0 Å². The number of anilines is 1. The summed E-state index contributed by atoms with van der Waals surface area (Å²) in [7, 11) is 0. The number of amides is 3. The summed E-state index contributed by atoms with van der Waals surface area (Å²) in [5, 5.41) is 27.2. The standard InChI is InChI=1S/C17H23F2N3O5/c1-8(2)21-14(23)6-12-15(24)16(25)13(27-12)7-20-17(26)22-11-4-3-9(18)5-10(11)19/h3-5,8,12-13,15-16,24-25H,6-7H2,1-2H3,(H,21,23)(H2,20,22,26)/t12-,13+,15-,16+/m0/s1. The van der Waals surface area contributed by atoms with E-state index in [4.69, 9.17) is 4.74 Å². The smallest absolute Gasteiger partial charge is 0.319 e. The minimum atomic E-state index is -1.30. The topological polar surface area (TPSA) is 120 Å². The molecule has 2 rings (SSSR count). The van der Waals surface area contributed by atoms with E-state index in [-0.39, 0.29) is 30.6 Å². The summed E-state index contributed by atoms with van der Waals surface area (Å²) in [6, 6.07) is 1.81. The van der Waals surface area contributed by atoms with Crippen LogP contribution in [0.25, 0.3) is 0 Å². The molecule has 1 aliphatic heterocycles. The van der Waals surface area contributed by atoms with Crippen molar-refractivity contribution in [1.29, 1.82) is 0 Å². The molecule has 1 fully saturated rings. The average molecular weight is 387 g/mol. The monoisotopic (exact) mass is 387 g/mol. The average Bonchev–Trinajstić information content (AvgIpc) is 2.83.